The molecule has 6 heteroatoms. The molecule has 0 aromatic carbocycles. The SMILES string of the molecule is Cc1ccc(CN(C)C(=O)[C@H]2CCO[C@@H]2c2cnn(C)c2C)o1. The quantitative estimate of drug-likeness (QED) is 0.868. The number of nitrogens with zero attached hydrogens (tertiary/aromatic N) is 3. The third-order valence-corrected chi connectivity index (χ3v) is 4.55. The molecule has 0 aliphatic carbocycles. The molecule has 0 unspecified atom stereocenters. The maximum atomic E-state index is 12.8. The second kappa shape index (κ2) is 6.20. The third-order valence-electron chi connectivity index (χ3n) is 4.55. The molecule has 3 rings (SSSR count). The molecule has 2 atom stereocenters. The van der Waals surface area contributed by atoms with Crippen LogP contribution in [0.4, 0.5) is 0 Å². The Kier molecular flexibility index (Phi) is 4.26. The van der Waals surface area contributed by atoms with Gasteiger partial charge in [0, 0.05) is 32.0 Å². The van der Waals surface area contributed by atoms with Gasteiger partial charge in [-0.15, -0.1) is 0 Å². The molecule has 0 N–H and O–H groups in total. The van der Waals surface area contributed by atoms with Gasteiger partial charge in [0.15, 0.2) is 0 Å². The number of amides is 1. The minimum Gasteiger partial charge on any atom is -0.464 e. The fourth-order valence-corrected chi connectivity index (χ4v) is 3.11. The maximum Gasteiger partial charge on any atom is 0.228 e. The second-order valence-corrected chi connectivity index (χ2v) is 6.20. The normalized spacial score (nSPS) is 20.9. The van der Waals surface area contributed by atoms with E-state index in [-0.39, 0.29) is 17.9 Å². The van der Waals surface area contributed by atoms with Gasteiger partial charge < -0.3 is 14.1 Å². The lowest BCUT2D eigenvalue weighted by molar-refractivity contribution is -0.136. The van der Waals surface area contributed by atoms with Gasteiger partial charge in [0.2, 0.25) is 5.91 Å². The Balaban J connectivity index is 1.74. The van der Waals surface area contributed by atoms with Gasteiger partial charge in [-0.3, -0.25) is 9.48 Å². The van der Waals surface area contributed by atoms with Crippen LogP contribution in [0.3, 0.4) is 0 Å². The molecule has 6 nitrogen and oxygen atoms in total. The first-order valence-corrected chi connectivity index (χ1v) is 7.87. The summed E-state index contributed by atoms with van der Waals surface area (Å²) in [6.07, 6.45) is 2.33. The standard InChI is InChI=1S/C17H23N3O3/c1-11-5-6-13(23-11)10-19(3)17(21)14-7-8-22-16(14)15-9-18-20(4)12(15)2/h5-6,9,14,16H,7-8,10H2,1-4H3/t14-,16-/m0/s1. The predicted molar refractivity (Wildman–Crippen MR) is 84.7 cm³/mol. The first-order chi connectivity index (χ1) is 11.0. The topological polar surface area (TPSA) is 60.5 Å². The number of hydrogen-bond donors (Lipinski definition) is 0. The van der Waals surface area contributed by atoms with E-state index in [2.05, 4.69) is 5.10 Å². The van der Waals surface area contributed by atoms with E-state index < -0.39 is 0 Å². The van der Waals surface area contributed by atoms with Crippen LogP contribution in [0.5, 0.6) is 0 Å². The second-order valence-electron chi connectivity index (χ2n) is 6.20. The molecule has 23 heavy (non-hydrogen) atoms. The van der Waals surface area contributed by atoms with Gasteiger partial charge in [-0.25, -0.2) is 0 Å². The Hall–Kier alpha value is -2.08. The van der Waals surface area contributed by atoms with Crippen molar-refractivity contribution in [3.05, 3.63) is 41.1 Å². The average molecular weight is 317 g/mol. The molecular formula is C17H23N3O3. The number of aryl methyl sites for hydroxylation is 2. The molecule has 1 aliphatic rings. The summed E-state index contributed by atoms with van der Waals surface area (Å²) in [5, 5.41) is 4.27. The fourth-order valence-electron chi connectivity index (χ4n) is 3.11. The van der Waals surface area contributed by atoms with E-state index in [1.54, 1.807) is 4.90 Å². The summed E-state index contributed by atoms with van der Waals surface area (Å²) in [5.74, 6) is 1.57. The zero-order chi connectivity index (χ0) is 16.6. The molecule has 1 fully saturated rings. The van der Waals surface area contributed by atoms with Crippen LogP contribution in [-0.2, 0) is 23.1 Å². The Labute approximate surface area is 136 Å². The zero-order valence-corrected chi connectivity index (χ0v) is 14.1. The monoisotopic (exact) mass is 317 g/mol. The molecule has 0 bridgehead atoms. The number of furan rings is 1. The van der Waals surface area contributed by atoms with Gasteiger partial charge in [-0.2, -0.15) is 5.10 Å². The van der Waals surface area contributed by atoms with Crippen molar-refractivity contribution in [1.82, 2.24) is 14.7 Å². The Morgan fingerprint density at radius 1 is 1.43 bits per heavy atom. The zero-order valence-electron chi connectivity index (χ0n) is 14.1. The van der Waals surface area contributed by atoms with E-state index in [0.717, 1.165) is 29.2 Å². The van der Waals surface area contributed by atoms with Crippen LogP contribution in [0.1, 0.15) is 35.3 Å². The van der Waals surface area contributed by atoms with Crippen molar-refractivity contribution in [3.8, 4) is 0 Å². The molecular weight excluding hydrogens is 294 g/mol. The lowest BCUT2D eigenvalue weighted by atomic mass is 9.94. The van der Waals surface area contributed by atoms with E-state index in [1.807, 2.05) is 51.0 Å². The highest BCUT2D eigenvalue weighted by atomic mass is 16.5. The first kappa shape index (κ1) is 15.8. The van der Waals surface area contributed by atoms with Crippen LogP contribution < -0.4 is 0 Å². The van der Waals surface area contributed by atoms with Crippen LogP contribution in [0, 0.1) is 19.8 Å². The van der Waals surface area contributed by atoms with Gasteiger partial charge in [-0.1, -0.05) is 0 Å². The van der Waals surface area contributed by atoms with Crippen molar-refractivity contribution in [1.29, 1.82) is 0 Å². The molecule has 2 aromatic rings. The molecule has 1 saturated heterocycles. The minimum absolute atomic E-state index is 0.0878. The maximum absolute atomic E-state index is 12.8. The van der Waals surface area contributed by atoms with Gasteiger partial charge in [0.05, 0.1) is 24.8 Å². The number of aromatic nitrogens is 2. The molecule has 1 aliphatic heterocycles. The summed E-state index contributed by atoms with van der Waals surface area (Å²) in [6.45, 7) is 4.98. The van der Waals surface area contributed by atoms with Gasteiger partial charge in [0.25, 0.3) is 0 Å². The number of carbonyl (C=O) groups excluding carboxylic acids is 1. The lowest BCUT2D eigenvalue weighted by Gasteiger charge is -2.23. The summed E-state index contributed by atoms with van der Waals surface area (Å²) in [6, 6.07) is 3.82. The summed E-state index contributed by atoms with van der Waals surface area (Å²) >= 11 is 0. The largest absolute Gasteiger partial charge is 0.464 e. The van der Waals surface area contributed by atoms with Crippen molar-refractivity contribution < 1.29 is 13.9 Å². The smallest absolute Gasteiger partial charge is 0.228 e. The number of hydrogen-bond acceptors (Lipinski definition) is 4. The van der Waals surface area contributed by atoms with Crippen molar-refractivity contribution in [2.75, 3.05) is 13.7 Å². The van der Waals surface area contributed by atoms with E-state index in [4.69, 9.17) is 9.15 Å². The third kappa shape index (κ3) is 3.03. The van der Waals surface area contributed by atoms with Crippen molar-refractivity contribution in [2.45, 2.75) is 32.9 Å². The van der Waals surface area contributed by atoms with E-state index >= 15 is 0 Å². The summed E-state index contributed by atoms with van der Waals surface area (Å²) in [4.78, 5) is 14.6. The van der Waals surface area contributed by atoms with Gasteiger partial charge in [0.1, 0.15) is 11.5 Å². The molecule has 3 heterocycles. The average Bonchev–Trinajstić information content (AvgIpc) is 3.21. The summed E-state index contributed by atoms with van der Waals surface area (Å²) < 4.78 is 13.2. The van der Waals surface area contributed by atoms with Gasteiger partial charge >= 0.3 is 0 Å². The number of carbonyl (C=O) groups is 1. The minimum atomic E-state index is -0.211. The Morgan fingerprint density at radius 2 is 2.22 bits per heavy atom. The van der Waals surface area contributed by atoms with E-state index in [0.29, 0.717) is 13.2 Å². The molecule has 2 aromatic heterocycles. The van der Waals surface area contributed by atoms with Crippen molar-refractivity contribution in [3.63, 3.8) is 0 Å². The van der Waals surface area contributed by atoms with Crippen LogP contribution >= 0.6 is 0 Å². The first-order valence-electron chi connectivity index (χ1n) is 7.87. The number of rotatable bonds is 4. The Bertz CT molecular complexity index is 704. The highest BCUT2D eigenvalue weighted by Gasteiger charge is 2.38. The highest BCUT2D eigenvalue weighted by Crippen LogP contribution is 2.37. The van der Waals surface area contributed by atoms with Gasteiger partial charge in [-0.05, 0) is 32.4 Å². The van der Waals surface area contributed by atoms with Crippen LogP contribution in [0.2, 0.25) is 0 Å². The highest BCUT2D eigenvalue weighted by molar-refractivity contribution is 5.79. The molecule has 0 radical (unpaired) electrons. The van der Waals surface area contributed by atoms with Crippen LogP contribution in [-0.4, -0.2) is 34.2 Å². The Morgan fingerprint density at radius 3 is 2.83 bits per heavy atom. The van der Waals surface area contributed by atoms with Crippen molar-refractivity contribution >= 4 is 5.91 Å². The fraction of sp³-hybridized carbons (Fsp3) is 0.529. The molecule has 1 amide bonds. The summed E-state index contributed by atoms with van der Waals surface area (Å²) in [5.41, 5.74) is 2.05. The van der Waals surface area contributed by atoms with E-state index in [1.165, 1.54) is 0 Å². The molecule has 0 saturated carbocycles. The lowest BCUT2D eigenvalue weighted by Crippen LogP contribution is -2.34. The van der Waals surface area contributed by atoms with Crippen LogP contribution in [0.15, 0.2) is 22.7 Å². The van der Waals surface area contributed by atoms with Crippen LogP contribution in [0.25, 0.3) is 0 Å². The predicted octanol–water partition coefficient (Wildman–Crippen LogP) is 2.37. The number of ether oxygens (including phenoxy) is 1. The van der Waals surface area contributed by atoms with E-state index in [9.17, 15) is 4.79 Å². The molecule has 0 spiro atoms. The molecule has 124 valence electrons. The van der Waals surface area contributed by atoms with Crippen molar-refractivity contribution in [2.24, 2.45) is 13.0 Å². The summed E-state index contributed by atoms with van der Waals surface area (Å²) in [7, 11) is 3.71.